The van der Waals surface area contributed by atoms with Crippen molar-refractivity contribution in [3.8, 4) is 0 Å². The van der Waals surface area contributed by atoms with Gasteiger partial charge in [0.1, 0.15) is 0 Å². The van der Waals surface area contributed by atoms with Crippen LogP contribution in [0.25, 0.3) is 0 Å². The van der Waals surface area contributed by atoms with Gasteiger partial charge in [0.15, 0.2) is 0 Å². The number of hydrogen-bond acceptors (Lipinski definition) is 1. The summed E-state index contributed by atoms with van der Waals surface area (Å²) in [5, 5.41) is 0. The molecule has 16 heavy (non-hydrogen) atoms. The number of rotatable bonds is 4. The Bertz CT molecular complexity index is 292. The predicted molar refractivity (Wildman–Crippen MR) is 69.4 cm³/mol. The second-order valence-corrected chi connectivity index (χ2v) is 5.02. The maximum atomic E-state index is 2.62. The van der Waals surface area contributed by atoms with Crippen LogP contribution in [0.1, 0.15) is 38.2 Å². The number of hydrogen-bond donors (Lipinski definition) is 0. The average Bonchev–Trinajstić information content (AvgIpc) is 2.31. The lowest BCUT2D eigenvalue weighted by Gasteiger charge is -2.32. The Morgan fingerprint density at radius 2 is 2.06 bits per heavy atom. The van der Waals surface area contributed by atoms with Crippen LogP contribution in [0, 0.1) is 5.92 Å². The van der Waals surface area contributed by atoms with Crippen LogP contribution in [-0.2, 0) is 6.54 Å². The Labute approximate surface area is 99.5 Å². The highest BCUT2D eigenvalue weighted by atomic mass is 15.1. The van der Waals surface area contributed by atoms with Crippen molar-refractivity contribution in [1.29, 1.82) is 0 Å². The van der Waals surface area contributed by atoms with E-state index >= 15 is 0 Å². The first-order valence-corrected chi connectivity index (χ1v) is 6.64. The molecule has 2 rings (SSSR count). The number of piperidine rings is 1. The van der Waals surface area contributed by atoms with Crippen molar-refractivity contribution in [2.24, 2.45) is 5.92 Å². The highest BCUT2D eigenvalue weighted by Gasteiger charge is 2.18. The van der Waals surface area contributed by atoms with Crippen LogP contribution in [0.4, 0.5) is 0 Å². The molecule has 1 fully saturated rings. The van der Waals surface area contributed by atoms with Crippen molar-refractivity contribution in [2.45, 2.75) is 39.2 Å². The first kappa shape index (κ1) is 11.7. The molecule has 0 unspecified atom stereocenters. The van der Waals surface area contributed by atoms with Crippen molar-refractivity contribution in [1.82, 2.24) is 4.90 Å². The van der Waals surface area contributed by atoms with Crippen molar-refractivity contribution in [2.75, 3.05) is 13.1 Å². The quantitative estimate of drug-likeness (QED) is 0.743. The summed E-state index contributed by atoms with van der Waals surface area (Å²) in [6.45, 7) is 6.04. The normalized spacial score (nSPS) is 22.2. The molecule has 1 aliphatic heterocycles. The minimum absolute atomic E-state index is 0.947. The van der Waals surface area contributed by atoms with Gasteiger partial charge >= 0.3 is 0 Å². The molecule has 0 amide bonds. The molecule has 1 aromatic carbocycles. The average molecular weight is 217 g/mol. The van der Waals surface area contributed by atoms with E-state index in [0.29, 0.717) is 0 Å². The fourth-order valence-corrected chi connectivity index (χ4v) is 2.78. The van der Waals surface area contributed by atoms with E-state index in [4.69, 9.17) is 0 Å². The third-order valence-corrected chi connectivity index (χ3v) is 3.55. The topological polar surface area (TPSA) is 3.24 Å². The van der Waals surface area contributed by atoms with Crippen molar-refractivity contribution < 1.29 is 0 Å². The van der Waals surface area contributed by atoms with Crippen LogP contribution in [0.15, 0.2) is 30.3 Å². The molecule has 0 aliphatic carbocycles. The SMILES string of the molecule is CCC[C@@H]1CCCN(Cc2ccccc2)C1. The van der Waals surface area contributed by atoms with E-state index < -0.39 is 0 Å². The number of benzene rings is 1. The lowest BCUT2D eigenvalue weighted by Crippen LogP contribution is -2.34. The molecular formula is C15H23N. The van der Waals surface area contributed by atoms with Gasteiger partial charge in [-0.05, 0) is 37.3 Å². The van der Waals surface area contributed by atoms with E-state index in [1.165, 1.54) is 44.3 Å². The molecule has 1 saturated heterocycles. The van der Waals surface area contributed by atoms with Gasteiger partial charge in [0, 0.05) is 13.1 Å². The summed E-state index contributed by atoms with van der Waals surface area (Å²) >= 11 is 0. The van der Waals surface area contributed by atoms with E-state index in [0.717, 1.165) is 12.5 Å². The monoisotopic (exact) mass is 217 g/mol. The molecule has 1 heterocycles. The lowest BCUT2D eigenvalue weighted by atomic mass is 9.93. The van der Waals surface area contributed by atoms with Crippen molar-refractivity contribution in [3.63, 3.8) is 0 Å². The third-order valence-electron chi connectivity index (χ3n) is 3.55. The summed E-state index contributed by atoms with van der Waals surface area (Å²) < 4.78 is 0. The van der Waals surface area contributed by atoms with Gasteiger partial charge in [-0.1, -0.05) is 43.7 Å². The predicted octanol–water partition coefficient (Wildman–Crippen LogP) is 3.70. The molecule has 1 aromatic rings. The fourth-order valence-electron chi connectivity index (χ4n) is 2.78. The van der Waals surface area contributed by atoms with Gasteiger partial charge in [-0.3, -0.25) is 4.90 Å². The maximum absolute atomic E-state index is 2.62. The van der Waals surface area contributed by atoms with Crippen molar-refractivity contribution >= 4 is 0 Å². The van der Waals surface area contributed by atoms with Crippen LogP contribution < -0.4 is 0 Å². The Morgan fingerprint density at radius 1 is 1.25 bits per heavy atom. The molecule has 0 spiro atoms. The Morgan fingerprint density at radius 3 is 2.81 bits per heavy atom. The molecule has 1 aliphatic rings. The van der Waals surface area contributed by atoms with Gasteiger partial charge in [-0.2, -0.15) is 0 Å². The van der Waals surface area contributed by atoms with Gasteiger partial charge in [0.2, 0.25) is 0 Å². The summed E-state index contributed by atoms with van der Waals surface area (Å²) in [5.74, 6) is 0.947. The second kappa shape index (κ2) is 6.05. The molecule has 1 heteroatoms. The molecule has 1 atom stereocenters. The summed E-state index contributed by atoms with van der Waals surface area (Å²) in [6.07, 6.45) is 5.58. The van der Waals surface area contributed by atoms with Gasteiger partial charge < -0.3 is 0 Å². The summed E-state index contributed by atoms with van der Waals surface area (Å²) in [5.41, 5.74) is 1.46. The minimum atomic E-state index is 0.947. The number of nitrogens with zero attached hydrogens (tertiary/aromatic N) is 1. The summed E-state index contributed by atoms with van der Waals surface area (Å²) in [7, 11) is 0. The van der Waals surface area contributed by atoms with E-state index in [-0.39, 0.29) is 0 Å². The van der Waals surface area contributed by atoms with E-state index in [1.54, 1.807) is 0 Å². The zero-order valence-corrected chi connectivity index (χ0v) is 10.4. The standard InChI is InChI=1S/C15H23N/c1-2-7-14-10-6-11-16(12-14)13-15-8-4-3-5-9-15/h3-5,8-9,14H,2,6-7,10-13H2,1H3/t14-/m1/s1. The van der Waals surface area contributed by atoms with Gasteiger partial charge in [-0.25, -0.2) is 0 Å². The van der Waals surface area contributed by atoms with Crippen LogP contribution in [0.2, 0.25) is 0 Å². The first-order chi connectivity index (χ1) is 7.88. The fraction of sp³-hybridized carbons (Fsp3) is 0.600. The van der Waals surface area contributed by atoms with Crippen LogP contribution in [0.5, 0.6) is 0 Å². The largest absolute Gasteiger partial charge is 0.299 e. The van der Waals surface area contributed by atoms with Gasteiger partial charge in [-0.15, -0.1) is 0 Å². The van der Waals surface area contributed by atoms with Crippen LogP contribution >= 0.6 is 0 Å². The first-order valence-electron chi connectivity index (χ1n) is 6.64. The van der Waals surface area contributed by atoms with Crippen LogP contribution in [0.3, 0.4) is 0 Å². The minimum Gasteiger partial charge on any atom is -0.299 e. The molecule has 0 saturated carbocycles. The maximum Gasteiger partial charge on any atom is 0.0233 e. The van der Waals surface area contributed by atoms with Gasteiger partial charge in [0.05, 0.1) is 0 Å². The summed E-state index contributed by atoms with van der Waals surface area (Å²) in [6, 6.07) is 10.9. The lowest BCUT2D eigenvalue weighted by molar-refractivity contribution is 0.161. The molecule has 88 valence electrons. The van der Waals surface area contributed by atoms with Crippen molar-refractivity contribution in [3.05, 3.63) is 35.9 Å². The van der Waals surface area contributed by atoms with E-state index in [2.05, 4.69) is 42.2 Å². The smallest absolute Gasteiger partial charge is 0.0233 e. The summed E-state index contributed by atoms with van der Waals surface area (Å²) in [4.78, 5) is 2.62. The van der Waals surface area contributed by atoms with E-state index in [9.17, 15) is 0 Å². The second-order valence-electron chi connectivity index (χ2n) is 5.02. The Kier molecular flexibility index (Phi) is 4.41. The van der Waals surface area contributed by atoms with Crippen LogP contribution in [-0.4, -0.2) is 18.0 Å². The molecule has 0 aromatic heterocycles. The molecular weight excluding hydrogens is 194 g/mol. The zero-order valence-electron chi connectivity index (χ0n) is 10.4. The molecule has 0 bridgehead atoms. The zero-order chi connectivity index (χ0) is 11.2. The highest BCUT2D eigenvalue weighted by Crippen LogP contribution is 2.22. The highest BCUT2D eigenvalue weighted by molar-refractivity contribution is 5.14. The molecule has 0 N–H and O–H groups in total. The van der Waals surface area contributed by atoms with Gasteiger partial charge in [0.25, 0.3) is 0 Å². The Hall–Kier alpha value is -0.820. The van der Waals surface area contributed by atoms with E-state index in [1.807, 2.05) is 0 Å². The Balaban J connectivity index is 1.85. The molecule has 1 nitrogen and oxygen atoms in total. The third kappa shape index (κ3) is 3.34. The molecule has 0 radical (unpaired) electrons. The number of likely N-dealkylation sites (tertiary alicyclic amines) is 1.